The number of benzene rings is 1. The Morgan fingerprint density at radius 3 is 2.33 bits per heavy atom. The molecule has 13 heteroatoms. The minimum absolute atomic E-state index is 0.110. The van der Waals surface area contributed by atoms with E-state index in [9.17, 15) is 19.8 Å². The predicted molar refractivity (Wildman–Crippen MR) is 191 cm³/mol. The molecule has 2 bridgehead atoms. The number of carbonyl (C=O) groups is 2. The highest BCUT2D eigenvalue weighted by Crippen LogP contribution is 2.45. The first-order chi connectivity index (χ1) is 23.8. The Bertz CT molecular complexity index is 1310. The van der Waals surface area contributed by atoms with E-state index in [4.69, 9.17) is 34.2 Å². The van der Waals surface area contributed by atoms with Gasteiger partial charge in [-0.05, 0) is 84.7 Å². The molecular weight excluding hydrogens is 658 g/mol. The quantitative estimate of drug-likeness (QED) is 0.288. The Hall–Kier alpha value is -2.52. The summed E-state index contributed by atoms with van der Waals surface area (Å²) in [6.45, 7) is 15.0. The van der Waals surface area contributed by atoms with E-state index in [-0.39, 0.29) is 43.1 Å². The second-order valence-electron chi connectivity index (χ2n) is 15.9. The standard InChI is InChI=1S/C38H63N3O10/c1-12-28-38(8)32(39)22(4)30(51-38)20(2)18-37(7,45)33(50-35-29(42)27(41(9)10)17-21(3)47-35)23(5)31(24(6)34(43)48-28)49-36(44)40-19-25-13-15-26(46-11)16-14-25/h13-16,20-24,27-33,35,42,45H,12,17-19,39H2,1-11H3,(H,40,44)/t20-,21-,22-,23+,24-,27+,28+,29-,30-,31+,32+,33-,35+,37+,38?/m1/s1. The highest BCUT2D eigenvalue weighted by atomic mass is 16.7. The largest absolute Gasteiger partial charge is 0.497 e. The minimum Gasteiger partial charge on any atom is -0.497 e. The Kier molecular flexibility index (Phi) is 13.5. The smallest absolute Gasteiger partial charge is 0.407 e. The van der Waals surface area contributed by atoms with Crippen LogP contribution < -0.4 is 15.8 Å². The van der Waals surface area contributed by atoms with Crippen LogP contribution in [0.25, 0.3) is 0 Å². The minimum atomic E-state index is -1.58. The fraction of sp³-hybridized carbons (Fsp3) is 0.789. The average molecular weight is 722 g/mol. The maximum atomic E-state index is 14.1. The summed E-state index contributed by atoms with van der Waals surface area (Å²) in [7, 11) is 5.35. The zero-order valence-corrected chi connectivity index (χ0v) is 32.3. The number of methoxy groups -OCH3 is 1. The first-order valence-corrected chi connectivity index (χ1v) is 18.4. The molecule has 0 aromatic heterocycles. The molecule has 1 unspecified atom stereocenters. The summed E-state index contributed by atoms with van der Waals surface area (Å²) in [6.07, 6.45) is -5.15. The molecule has 4 rings (SSSR count). The van der Waals surface area contributed by atoms with E-state index in [2.05, 4.69) is 5.32 Å². The maximum Gasteiger partial charge on any atom is 0.407 e. The van der Waals surface area contributed by atoms with Gasteiger partial charge in [0.15, 0.2) is 6.29 Å². The summed E-state index contributed by atoms with van der Waals surface area (Å²) >= 11 is 0. The fourth-order valence-electron chi connectivity index (χ4n) is 8.56. The van der Waals surface area contributed by atoms with Crippen LogP contribution in [0.2, 0.25) is 0 Å². The zero-order valence-electron chi connectivity index (χ0n) is 32.3. The number of carbonyl (C=O) groups excluding carboxylic acids is 2. The van der Waals surface area contributed by atoms with E-state index in [1.807, 2.05) is 65.7 Å². The van der Waals surface area contributed by atoms with Gasteiger partial charge in [-0.15, -0.1) is 0 Å². The number of esters is 1. The van der Waals surface area contributed by atoms with Gasteiger partial charge in [0, 0.05) is 30.5 Å². The molecule has 3 heterocycles. The number of hydrogen-bond donors (Lipinski definition) is 4. The third kappa shape index (κ3) is 9.00. The van der Waals surface area contributed by atoms with Crippen LogP contribution in [-0.4, -0.2) is 115 Å². The van der Waals surface area contributed by atoms with Crippen molar-refractivity contribution in [1.82, 2.24) is 10.2 Å². The highest BCUT2D eigenvalue weighted by molar-refractivity contribution is 5.74. The molecule has 0 radical (unpaired) electrons. The van der Waals surface area contributed by atoms with Crippen LogP contribution in [0, 0.1) is 23.7 Å². The van der Waals surface area contributed by atoms with Gasteiger partial charge >= 0.3 is 12.1 Å². The van der Waals surface area contributed by atoms with Gasteiger partial charge < -0.3 is 54.6 Å². The number of hydrogen-bond acceptors (Lipinski definition) is 12. The number of nitrogens with two attached hydrogens (primary N) is 1. The molecular formula is C38H63N3O10. The van der Waals surface area contributed by atoms with Crippen LogP contribution in [0.15, 0.2) is 24.3 Å². The molecule has 0 aliphatic carbocycles. The number of aliphatic hydroxyl groups is 2. The van der Waals surface area contributed by atoms with E-state index in [0.29, 0.717) is 18.6 Å². The topological polar surface area (TPSA) is 171 Å². The number of nitrogens with one attached hydrogen (secondary N) is 1. The average Bonchev–Trinajstić information content (AvgIpc) is 3.32. The van der Waals surface area contributed by atoms with Gasteiger partial charge in [-0.1, -0.05) is 39.8 Å². The molecule has 1 aromatic carbocycles. The lowest BCUT2D eigenvalue weighted by atomic mass is 9.75. The molecule has 51 heavy (non-hydrogen) atoms. The lowest BCUT2D eigenvalue weighted by Crippen LogP contribution is -2.59. The van der Waals surface area contributed by atoms with E-state index in [1.54, 1.807) is 40.0 Å². The Morgan fingerprint density at radius 1 is 1.10 bits per heavy atom. The van der Waals surface area contributed by atoms with Crippen LogP contribution >= 0.6 is 0 Å². The summed E-state index contributed by atoms with van der Waals surface area (Å²) in [4.78, 5) is 29.5. The van der Waals surface area contributed by atoms with Gasteiger partial charge in [-0.2, -0.15) is 0 Å². The molecule has 3 aliphatic heterocycles. The van der Waals surface area contributed by atoms with Gasteiger partial charge in [0.25, 0.3) is 0 Å². The first-order valence-electron chi connectivity index (χ1n) is 18.4. The molecule has 3 aliphatic rings. The Balaban J connectivity index is 1.74. The van der Waals surface area contributed by atoms with E-state index in [1.165, 1.54) is 0 Å². The lowest BCUT2D eigenvalue weighted by Gasteiger charge is -2.47. The normalized spacial score (nSPS) is 42.3. The van der Waals surface area contributed by atoms with Gasteiger partial charge in [0.05, 0.1) is 36.9 Å². The number of likely N-dealkylation sites (N-methyl/N-ethyl adjacent to an activating group) is 1. The molecule has 3 fully saturated rings. The number of nitrogens with zero attached hydrogens (tertiary/aromatic N) is 1. The van der Waals surface area contributed by atoms with Crippen molar-refractivity contribution in [2.75, 3.05) is 21.2 Å². The van der Waals surface area contributed by atoms with Crippen LogP contribution in [0.1, 0.15) is 80.2 Å². The van der Waals surface area contributed by atoms with Crippen molar-refractivity contribution in [2.24, 2.45) is 29.4 Å². The van der Waals surface area contributed by atoms with Crippen molar-refractivity contribution in [3.63, 3.8) is 0 Å². The van der Waals surface area contributed by atoms with Crippen molar-refractivity contribution >= 4 is 12.1 Å². The summed E-state index contributed by atoms with van der Waals surface area (Å²) < 4.78 is 37.0. The number of rotatable bonds is 8. The van der Waals surface area contributed by atoms with Gasteiger partial charge in [0.1, 0.15) is 29.7 Å². The number of fused-ring (bicyclic) bond motifs is 2. The second kappa shape index (κ2) is 16.7. The molecule has 1 amide bonds. The van der Waals surface area contributed by atoms with Gasteiger partial charge in [-0.25, -0.2) is 4.79 Å². The lowest BCUT2D eigenvalue weighted by molar-refractivity contribution is -0.299. The SMILES string of the molecule is CC[C@@H]1OC(=O)[C@H](C)[C@@H](OC(=O)NCc2ccc(OC)cc2)[C@H](C)[C@@H](O[C@@H]2O[C@H](C)C[C@H](N(C)C)[C@H]2O)[C@@](C)(O)C[C@@H](C)[C@H]2OC1(C)[C@@H](N)[C@@H]2C. The second-order valence-corrected chi connectivity index (χ2v) is 15.9. The van der Waals surface area contributed by atoms with Gasteiger partial charge in [0.2, 0.25) is 0 Å². The molecule has 1 aromatic rings. The molecule has 5 N–H and O–H groups in total. The zero-order chi connectivity index (χ0) is 38.0. The number of cyclic esters (lactones) is 1. The van der Waals surface area contributed by atoms with E-state index in [0.717, 1.165) is 5.56 Å². The molecule has 290 valence electrons. The van der Waals surface area contributed by atoms with Crippen LogP contribution in [0.3, 0.4) is 0 Å². The first kappa shape index (κ1) is 41.2. The molecule has 13 nitrogen and oxygen atoms in total. The summed E-state index contributed by atoms with van der Waals surface area (Å²) in [6, 6.07) is 6.51. The van der Waals surface area contributed by atoms with Crippen LogP contribution in [-0.2, 0) is 35.0 Å². The number of aliphatic hydroxyl groups excluding tert-OH is 1. The molecule has 15 atom stereocenters. The third-order valence-corrected chi connectivity index (χ3v) is 11.6. The van der Waals surface area contributed by atoms with Crippen molar-refractivity contribution in [3.8, 4) is 5.75 Å². The number of alkyl carbamates (subject to hydrolysis) is 1. The molecule has 3 saturated heterocycles. The van der Waals surface area contributed by atoms with Crippen molar-refractivity contribution in [2.45, 2.75) is 147 Å². The van der Waals surface area contributed by atoms with Crippen LogP contribution in [0.5, 0.6) is 5.75 Å². The predicted octanol–water partition coefficient (Wildman–Crippen LogP) is 3.61. The highest BCUT2D eigenvalue weighted by Gasteiger charge is 2.57. The Morgan fingerprint density at radius 2 is 1.75 bits per heavy atom. The Labute approximate surface area is 303 Å². The number of amides is 1. The third-order valence-electron chi connectivity index (χ3n) is 11.6. The number of ether oxygens (including phenoxy) is 6. The van der Waals surface area contributed by atoms with E-state index < -0.39 is 71.8 Å². The van der Waals surface area contributed by atoms with Crippen molar-refractivity contribution in [1.29, 1.82) is 0 Å². The van der Waals surface area contributed by atoms with Crippen molar-refractivity contribution in [3.05, 3.63) is 29.8 Å². The van der Waals surface area contributed by atoms with Crippen molar-refractivity contribution < 1.29 is 48.2 Å². The monoisotopic (exact) mass is 721 g/mol. The maximum absolute atomic E-state index is 14.1. The van der Waals surface area contributed by atoms with Crippen LogP contribution in [0.4, 0.5) is 4.79 Å². The van der Waals surface area contributed by atoms with Gasteiger partial charge in [-0.3, -0.25) is 4.79 Å². The molecule has 0 spiro atoms. The summed E-state index contributed by atoms with van der Waals surface area (Å²) in [5, 5.41) is 26.7. The summed E-state index contributed by atoms with van der Waals surface area (Å²) in [5.74, 6) is -2.03. The summed E-state index contributed by atoms with van der Waals surface area (Å²) in [5.41, 5.74) is 5.06. The fourth-order valence-corrected chi connectivity index (χ4v) is 8.56. The molecule has 0 saturated carbocycles. The van der Waals surface area contributed by atoms with E-state index >= 15 is 0 Å².